The number of nitrogens with zero attached hydrogens (tertiary/aromatic N) is 3. The molecule has 2 aromatic carbocycles. The molecule has 2 heterocycles. The van der Waals surface area contributed by atoms with Crippen molar-refractivity contribution < 1.29 is 19.0 Å². The highest BCUT2D eigenvalue weighted by Crippen LogP contribution is 2.45. The number of aromatic nitrogens is 3. The predicted molar refractivity (Wildman–Crippen MR) is 126 cm³/mol. The number of nitrogen functional groups attached to an aromatic ring is 1. The van der Waals surface area contributed by atoms with Gasteiger partial charge in [0.05, 0.1) is 5.41 Å². The summed E-state index contributed by atoms with van der Waals surface area (Å²) in [6.07, 6.45) is 6.32. The zero-order valence-electron chi connectivity index (χ0n) is 18.7. The van der Waals surface area contributed by atoms with E-state index in [1.807, 2.05) is 29.7 Å². The molecular weight excluding hydrogens is 435 g/mol. The van der Waals surface area contributed by atoms with Crippen molar-refractivity contribution in [3.63, 3.8) is 0 Å². The molecule has 3 N–H and O–H groups in total. The van der Waals surface area contributed by atoms with Crippen LogP contribution in [0.5, 0.6) is 11.5 Å². The second kappa shape index (κ2) is 8.44. The number of halogens is 1. The number of anilines is 1. The fourth-order valence-corrected chi connectivity index (χ4v) is 4.82. The van der Waals surface area contributed by atoms with E-state index >= 15 is 0 Å². The van der Waals surface area contributed by atoms with Crippen molar-refractivity contribution in [2.24, 2.45) is 5.41 Å². The standard InChI is InChI=1S/C26H25FN4O3/c1-26(25(32)33)11-3-4-17(15-26)24-30-21(22-23(28)29-12-13-31(22)24)16-7-9-19(10-8-16)34-20-6-2-5-18(27)14-20/h2,5-10,12-14,17H,3-4,11,15H2,1H3,(H2,28,29)(H,32,33)/t17-,26+/m0/s1. The van der Waals surface area contributed by atoms with Gasteiger partial charge in [-0.25, -0.2) is 14.4 Å². The van der Waals surface area contributed by atoms with Crippen molar-refractivity contribution in [2.45, 2.75) is 38.5 Å². The zero-order chi connectivity index (χ0) is 23.9. The number of carboxylic acids is 1. The first-order chi connectivity index (χ1) is 16.3. The van der Waals surface area contributed by atoms with Crippen LogP contribution in [0, 0.1) is 11.2 Å². The summed E-state index contributed by atoms with van der Waals surface area (Å²) in [5, 5.41) is 9.76. The largest absolute Gasteiger partial charge is 0.481 e. The SMILES string of the molecule is C[C@@]1(C(=O)O)CCC[C@H](c2nc(-c3ccc(Oc4cccc(F)c4)cc3)c3c(N)nccn23)C1. The highest BCUT2D eigenvalue weighted by atomic mass is 19.1. The third-order valence-electron chi connectivity index (χ3n) is 6.63. The number of aliphatic carboxylic acids is 1. The molecule has 1 saturated carbocycles. The van der Waals surface area contributed by atoms with Gasteiger partial charge in [-0.2, -0.15) is 0 Å². The number of rotatable bonds is 5. The summed E-state index contributed by atoms with van der Waals surface area (Å²) in [6.45, 7) is 1.81. The fourth-order valence-electron chi connectivity index (χ4n) is 4.82. The van der Waals surface area contributed by atoms with E-state index in [4.69, 9.17) is 15.5 Å². The van der Waals surface area contributed by atoms with Gasteiger partial charge in [0.15, 0.2) is 0 Å². The van der Waals surface area contributed by atoms with E-state index in [-0.39, 0.29) is 11.7 Å². The molecule has 2 aromatic heterocycles. The first-order valence-corrected chi connectivity index (χ1v) is 11.2. The summed E-state index contributed by atoms with van der Waals surface area (Å²) in [5.41, 5.74) is 7.68. The summed E-state index contributed by atoms with van der Waals surface area (Å²) in [5.74, 6) is 0.987. The van der Waals surface area contributed by atoms with Crippen LogP contribution in [0.1, 0.15) is 44.3 Å². The fraction of sp³-hybridized carbons (Fsp3) is 0.269. The number of benzene rings is 2. The van der Waals surface area contributed by atoms with Crippen LogP contribution < -0.4 is 10.5 Å². The third kappa shape index (κ3) is 3.96. The Balaban J connectivity index is 1.51. The molecule has 0 amide bonds. The van der Waals surface area contributed by atoms with Crippen LogP contribution in [0.15, 0.2) is 60.9 Å². The van der Waals surface area contributed by atoms with Gasteiger partial charge in [0.25, 0.3) is 0 Å². The smallest absolute Gasteiger partial charge is 0.309 e. The van der Waals surface area contributed by atoms with E-state index in [1.165, 1.54) is 12.1 Å². The molecule has 5 rings (SSSR count). The van der Waals surface area contributed by atoms with Crippen LogP contribution in [0.4, 0.5) is 10.2 Å². The quantitative estimate of drug-likeness (QED) is 0.398. The number of hydrogen-bond acceptors (Lipinski definition) is 5. The zero-order valence-corrected chi connectivity index (χ0v) is 18.7. The number of hydrogen-bond donors (Lipinski definition) is 2. The van der Waals surface area contributed by atoms with E-state index in [0.717, 1.165) is 24.2 Å². The minimum Gasteiger partial charge on any atom is -0.481 e. The average Bonchev–Trinajstić information content (AvgIpc) is 3.21. The predicted octanol–water partition coefficient (Wildman–Crippen LogP) is 5.66. The van der Waals surface area contributed by atoms with Crippen LogP contribution in [0.2, 0.25) is 0 Å². The molecule has 0 spiro atoms. The van der Waals surface area contributed by atoms with Gasteiger partial charge in [-0.15, -0.1) is 0 Å². The first-order valence-electron chi connectivity index (χ1n) is 11.2. The topological polar surface area (TPSA) is 103 Å². The number of fused-ring (bicyclic) bond motifs is 1. The summed E-state index contributed by atoms with van der Waals surface area (Å²) in [7, 11) is 0. The molecule has 2 atom stereocenters. The van der Waals surface area contributed by atoms with E-state index < -0.39 is 11.4 Å². The molecular formula is C26H25FN4O3. The number of imidazole rings is 1. The molecule has 0 saturated heterocycles. The van der Waals surface area contributed by atoms with Crippen molar-refractivity contribution in [1.82, 2.24) is 14.4 Å². The molecule has 8 heteroatoms. The molecule has 0 aliphatic heterocycles. The lowest BCUT2D eigenvalue weighted by molar-refractivity contribution is -0.150. The Kier molecular flexibility index (Phi) is 5.43. The van der Waals surface area contributed by atoms with Crippen molar-refractivity contribution >= 4 is 17.3 Å². The van der Waals surface area contributed by atoms with Crippen LogP contribution in [0.25, 0.3) is 16.8 Å². The number of nitrogens with two attached hydrogens (primary N) is 1. The summed E-state index contributed by atoms with van der Waals surface area (Å²) in [4.78, 5) is 21.1. The van der Waals surface area contributed by atoms with Gasteiger partial charge >= 0.3 is 5.97 Å². The summed E-state index contributed by atoms with van der Waals surface area (Å²) in [6, 6.07) is 13.3. The maximum Gasteiger partial charge on any atom is 0.309 e. The summed E-state index contributed by atoms with van der Waals surface area (Å²) >= 11 is 0. The molecule has 1 fully saturated rings. The maximum absolute atomic E-state index is 13.4. The molecule has 1 aliphatic rings. The Bertz CT molecular complexity index is 1370. The van der Waals surface area contributed by atoms with Gasteiger partial charge in [0.1, 0.15) is 40.2 Å². The van der Waals surface area contributed by atoms with Gasteiger partial charge < -0.3 is 15.6 Å². The molecule has 0 radical (unpaired) electrons. The molecule has 4 aromatic rings. The lowest BCUT2D eigenvalue weighted by atomic mass is 9.70. The maximum atomic E-state index is 13.4. The Morgan fingerprint density at radius 3 is 2.76 bits per heavy atom. The Hall–Kier alpha value is -3.94. The normalized spacial score (nSPS) is 20.4. The highest BCUT2D eigenvalue weighted by molar-refractivity contribution is 5.85. The molecule has 1 aliphatic carbocycles. The van der Waals surface area contributed by atoms with Crippen molar-refractivity contribution in [3.05, 3.63) is 72.6 Å². The molecule has 174 valence electrons. The second-order valence-electron chi connectivity index (χ2n) is 9.09. The molecule has 0 unspecified atom stereocenters. The van der Waals surface area contributed by atoms with Gasteiger partial charge in [-0.3, -0.25) is 9.20 Å². The van der Waals surface area contributed by atoms with Gasteiger partial charge in [-0.1, -0.05) is 12.5 Å². The van der Waals surface area contributed by atoms with E-state index in [9.17, 15) is 14.3 Å². The Morgan fingerprint density at radius 1 is 1.24 bits per heavy atom. The minimum atomic E-state index is -0.774. The summed E-state index contributed by atoms with van der Waals surface area (Å²) < 4.78 is 21.1. The monoisotopic (exact) mass is 460 g/mol. The second-order valence-corrected chi connectivity index (χ2v) is 9.09. The van der Waals surface area contributed by atoms with Crippen LogP contribution in [-0.2, 0) is 4.79 Å². The van der Waals surface area contributed by atoms with Crippen LogP contribution in [0.3, 0.4) is 0 Å². The number of carboxylic acid groups (broad SMARTS) is 1. The van der Waals surface area contributed by atoms with Crippen LogP contribution in [-0.4, -0.2) is 25.4 Å². The highest BCUT2D eigenvalue weighted by Gasteiger charge is 2.40. The van der Waals surface area contributed by atoms with E-state index in [2.05, 4.69) is 4.98 Å². The van der Waals surface area contributed by atoms with Gasteiger partial charge in [0.2, 0.25) is 0 Å². The number of carbonyl (C=O) groups is 1. The van der Waals surface area contributed by atoms with E-state index in [0.29, 0.717) is 41.4 Å². The first kappa shape index (κ1) is 21.9. The molecule has 7 nitrogen and oxygen atoms in total. The van der Waals surface area contributed by atoms with Gasteiger partial charge in [0, 0.05) is 29.9 Å². The Morgan fingerprint density at radius 2 is 2.03 bits per heavy atom. The lowest BCUT2D eigenvalue weighted by Crippen LogP contribution is -2.33. The van der Waals surface area contributed by atoms with Crippen molar-refractivity contribution in [2.75, 3.05) is 5.73 Å². The molecule has 0 bridgehead atoms. The lowest BCUT2D eigenvalue weighted by Gasteiger charge is -2.34. The van der Waals surface area contributed by atoms with E-state index in [1.54, 1.807) is 30.5 Å². The average molecular weight is 461 g/mol. The number of ether oxygens (including phenoxy) is 1. The van der Waals surface area contributed by atoms with Crippen molar-refractivity contribution in [3.8, 4) is 22.8 Å². The van der Waals surface area contributed by atoms with Crippen LogP contribution >= 0.6 is 0 Å². The molecule has 34 heavy (non-hydrogen) atoms. The third-order valence-corrected chi connectivity index (χ3v) is 6.63. The van der Waals surface area contributed by atoms with Gasteiger partial charge in [-0.05, 0) is 62.6 Å². The Labute approximate surface area is 196 Å². The van der Waals surface area contributed by atoms with Crippen molar-refractivity contribution in [1.29, 1.82) is 0 Å². The minimum absolute atomic E-state index is 0.00603.